The topological polar surface area (TPSA) is 15.3 Å². The molecule has 0 bridgehead atoms. The SMILES string of the molecule is CC(C)(CC(C)(C)C(C)(C)C)N1CCNCC1. The zero-order chi connectivity index (χ0) is 13.3. The molecule has 2 nitrogen and oxygen atoms in total. The molecule has 0 saturated carbocycles. The number of piperazine rings is 1. The minimum Gasteiger partial charge on any atom is -0.314 e. The van der Waals surface area contributed by atoms with Gasteiger partial charge in [0.2, 0.25) is 0 Å². The molecule has 1 heterocycles. The number of nitrogens with zero attached hydrogens (tertiary/aromatic N) is 1. The average Bonchev–Trinajstić information content (AvgIpc) is 2.15. The molecule has 0 aromatic heterocycles. The fourth-order valence-corrected chi connectivity index (χ4v) is 2.73. The van der Waals surface area contributed by atoms with Crippen molar-refractivity contribution in [2.45, 2.75) is 60.4 Å². The van der Waals surface area contributed by atoms with Gasteiger partial charge >= 0.3 is 0 Å². The van der Waals surface area contributed by atoms with Gasteiger partial charge in [0.25, 0.3) is 0 Å². The summed E-state index contributed by atoms with van der Waals surface area (Å²) in [6.07, 6.45) is 1.25. The summed E-state index contributed by atoms with van der Waals surface area (Å²) < 4.78 is 0. The first-order valence-corrected chi connectivity index (χ1v) is 7.02. The van der Waals surface area contributed by atoms with Gasteiger partial charge in [-0.05, 0) is 31.1 Å². The molecule has 1 saturated heterocycles. The maximum Gasteiger partial charge on any atom is 0.0159 e. The van der Waals surface area contributed by atoms with E-state index in [0.29, 0.717) is 16.4 Å². The van der Waals surface area contributed by atoms with Crippen LogP contribution >= 0.6 is 0 Å². The predicted molar refractivity (Wildman–Crippen MR) is 76.4 cm³/mol. The van der Waals surface area contributed by atoms with Gasteiger partial charge in [0.15, 0.2) is 0 Å². The number of rotatable bonds is 3. The molecule has 0 aromatic carbocycles. The minimum absolute atomic E-state index is 0.304. The fraction of sp³-hybridized carbons (Fsp3) is 1.00. The second-order valence-electron chi connectivity index (χ2n) is 7.86. The highest BCUT2D eigenvalue weighted by atomic mass is 15.2. The molecule has 1 fully saturated rings. The Morgan fingerprint density at radius 1 is 0.882 bits per heavy atom. The van der Waals surface area contributed by atoms with Crippen molar-refractivity contribution >= 4 is 0 Å². The van der Waals surface area contributed by atoms with Crippen LogP contribution in [-0.4, -0.2) is 36.6 Å². The van der Waals surface area contributed by atoms with E-state index in [-0.39, 0.29) is 0 Å². The molecule has 0 aromatic rings. The van der Waals surface area contributed by atoms with Crippen LogP contribution in [0.2, 0.25) is 0 Å². The third kappa shape index (κ3) is 3.69. The molecule has 0 radical (unpaired) electrons. The Morgan fingerprint density at radius 3 is 1.76 bits per heavy atom. The third-order valence-corrected chi connectivity index (χ3v) is 4.88. The van der Waals surface area contributed by atoms with E-state index >= 15 is 0 Å². The highest BCUT2D eigenvalue weighted by Crippen LogP contribution is 2.44. The molecular formula is C15H32N2. The summed E-state index contributed by atoms with van der Waals surface area (Å²) in [4.78, 5) is 2.65. The molecule has 0 spiro atoms. The molecule has 0 unspecified atom stereocenters. The van der Waals surface area contributed by atoms with Gasteiger partial charge in [-0.2, -0.15) is 0 Å². The monoisotopic (exact) mass is 240 g/mol. The van der Waals surface area contributed by atoms with Gasteiger partial charge in [0.1, 0.15) is 0 Å². The maximum atomic E-state index is 3.44. The lowest BCUT2D eigenvalue weighted by molar-refractivity contribution is 0.0154. The van der Waals surface area contributed by atoms with Gasteiger partial charge in [-0.1, -0.05) is 34.6 Å². The Hall–Kier alpha value is -0.0800. The van der Waals surface area contributed by atoms with Crippen molar-refractivity contribution in [3.05, 3.63) is 0 Å². The smallest absolute Gasteiger partial charge is 0.0159 e. The van der Waals surface area contributed by atoms with Crippen LogP contribution in [0.5, 0.6) is 0 Å². The van der Waals surface area contributed by atoms with Crippen molar-refractivity contribution in [1.82, 2.24) is 10.2 Å². The highest BCUT2D eigenvalue weighted by Gasteiger charge is 2.40. The highest BCUT2D eigenvalue weighted by molar-refractivity contribution is 4.93. The molecule has 0 aliphatic carbocycles. The van der Waals surface area contributed by atoms with E-state index in [1.165, 1.54) is 19.5 Å². The normalized spacial score (nSPS) is 20.6. The summed E-state index contributed by atoms with van der Waals surface area (Å²) in [6.45, 7) is 21.4. The summed E-state index contributed by atoms with van der Waals surface area (Å²) in [5, 5.41) is 3.44. The predicted octanol–water partition coefficient (Wildman–Crippen LogP) is 3.13. The number of hydrogen-bond donors (Lipinski definition) is 1. The lowest BCUT2D eigenvalue weighted by atomic mass is 9.64. The van der Waals surface area contributed by atoms with Crippen LogP contribution in [0.4, 0.5) is 0 Å². The van der Waals surface area contributed by atoms with Gasteiger partial charge in [0, 0.05) is 31.7 Å². The van der Waals surface area contributed by atoms with E-state index in [4.69, 9.17) is 0 Å². The van der Waals surface area contributed by atoms with Crippen molar-refractivity contribution < 1.29 is 0 Å². The van der Waals surface area contributed by atoms with E-state index < -0.39 is 0 Å². The zero-order valence-corrected chi connectivity index (χ0v) is 13.0. The summed E-state index contributed by atoms with van der Waals surface area (Å²) in [5.41, 5.74) is 1.03. The third-order valence-electron chi connectivity index (χ3n) is 4.88. The molecule has 1 aliphatic heterocycles. The number of nitrogens with one attached hydrogen (secondary N) is 1. The van der Waals surface area contributed by atoms with E-state index in [9.17, 15) is 0 Å². The maximum absolute atomic E-state index is 3.44. The van der Waals surface area contributed by atoms with Crippen LogP contribution in [0.15, 0.2) is 0 Å². The van der Waals surface area contributed by atoms with E-state index in [2.05, 4.69) is 58.7 Å². The van der Waals surface area contributed by atoms with Gasteiger partial charge < -0.3 is 5.32 Å². The summed E-state index contributed by atoms with van der Waals surface area (Å²) in [6, 6.07) is 0. The van der Waals surface area contributed by atoms with Crippen molar-refractivity contribution in [1.29, 1.82) is 0 Å². The van der Waals surface area contributed by atoms with Crippen LogP contribution in [0.3, 0.4) is 0 Å². The van der Waals surface area contributed by atoms with E-state index in [0.717, 1.165) is 13.1 Å². The van der Waals surface area contributed by atoms with E-state index in [1.54, 1.807) is 0 Å². The van der Waals surface area contributed by atoms with Crippen LogP contribution in [-0.2, 0) is 0 Å². The molecular weight excluding hydrogens is 208 g/mol. The van der Waals surface area contributed by atoms with Gasteiger partial charge in [-0.3, -0.25) is 4.90 Å². The van der Waals surface area contributed by atoms with Crippen molar-refractivity contribution in [2.75, 3.05) is 26.2 Å². The standard InChI is InChI=1S/C15H32N2/c1-13(2,3)14(4,5)12-15(6,7)17-10-8-16-9-11-17/h16H,8-12H2,1-7H3. The second kappa shape index (κ2) is 4.89. The van der Waals surface area contributed by atoms with Crippen molar-refractivity contribution in [2.24, 2.45) is 10.8 Å². The Balaban J connectivity index is 2.71. The summed E-state index contributed by atoms with van der Waals surface area (Å²) >= 11 is 0. The van der Waals surface area contributed by atoms with Crippen molar-refractivity contribution in [3.8, 4) is 0 Å². The fourth-order valence-electron chi connectivity index (χ4n) is 2.73. The minimum atomic E-state index is 0.304. The number of hydrogen-bond acceptors (Lipinski definition) is 2. The Bertz CT molecular complexity index is 242. The molecule has 1 N–H and O–H groups in total. The zero-order valence-electron chi connectivity index (χ0n) is 13.0. The molecule has 1 aliphatic rings. The largest absolute Gasteiger partial charge is 0.314 e. The molecule has 2 heteroatoms. The van der Waals surface area contributed by atoms with Crippen LogP contribution < -0.4 is 5.32 Å². The van der Waals surface area contributed by atoms with Gasteiger partial charge in [0.05, 0.1) is 0 Å². The van der Waals surface area contributed by atoms with E-state index in [1.807, 2.05) is 0 Å². The van der Waals surface area contributed by atoms with Crippen LogP contribution in [0, 0.1) is 10.8 Å². The van der Waals surface area contributed by atoms with Gasteiger partial charge in [-0.25, -0.2) is 0 Å². The Labute approximate surface area is 108 Å². The van der Waals surface area contributed by atoms with Crippen LogP contribution in [0.1, 0.15) is 54.9 Å². The molecule has 0 amide bonds. The second-order valence-corrected chi connectivity index (χ2v) is 7.86. The first kappa shape index (κ1) is 15.0. The molecule has 17 heavy (non-hydrogen) atoms. The Kier molecular flexibility index (Phi) is 4.31. The lowest BCUT2D eigenvalue weighted by Crippen LogP contribution is -2.55. The summed E-state index contributed by atoms with van der Waals surface area (Å²) in [5.74, 6) is 0. The molecule has 1 rings (SSSR count). The van der Waals surface area contributed by atoms with Crippen LogP contribution in [0.25, 0.3) is 0 Å². The first-order valence-electron chi connectivity index (χ1n) is 7.02. The van der Waals surface area contributed by atoms with Crippen molar-refractivity contribution in [3.63, 3.8) is 0 Å². The quantitative estimate of drug-likeness (QED) is 0.815. The summed E-state index contributed by atoms with van der Waals surface area (Å²) in [7, 11) is 0. The lowest BCUT2D eigenvalue weighted by Gasteiger charge is -2.49. The van der Waals surface area contributed by atoms with Gasteiger partial charge in [-0.15, -0.1) is 0 Å². The molecule has 0 atom stereocenters. The average molecular weight is 240 g/mol. The first-order chi connectivity index (χ1) is 7.56. The Morgan fingerprint density at radius 2 is 1.35 bits per heavy atom. The molecule has 102 valence electrons.